The molecule has 0 saturated heterocycles. The maximum absolute atomic E-state index is 5.71. The lowest BCUT2D eigenvalue weighted by atomic mass is 9.69. The van der Waals surface area contributed by atoms with E-state index >= 15 is 0 Å². The summed E-state index contributed by atoms with van der Waals surface area (Å²) in [6.07, 6.45) is 4.31. The molecule has 116 valence electrons. The highest BCUT2D eigenvalue weighted by Gasteiger charge is 2.61. The van der Waals surface area contributed by atoms with Crippen molar-refractivity contribution in [1.82, 2.24) is 0 Å². The van der Waals surface area contributed by atoms with Gasteiger partial charge in [0.05, 0.1) is 6.10 Å². The van der Waals surface area contributed by atoms with Gasteiger partial charge in [-0.05, 0) is 74.1 Å². The van der Waals surface area contributed by atoms with E-state index in [1.165, 1.54) is 24.9 Å². The Morgan fingerprint density at radius 1 is 1.14 bits per heavy atom. The van der Waals surface area contributed by atoms with Crippen molar-refractivity contribution in [2.45, 2.75) is 66.0 Å². The zero-order valence-electron chi connectivity index (χ0n) is 14.1. The third-order valence-electron chi connectivity index (χ3n) is 6.36. The molecule has 0 aromatic heterocycles. The van der Waals surface area contributed by atoms with Gasteiger partial charge in [0, 0.05) is 11.7 Å². The van der Waals surface area contributed by atoms with Crippen molar-refractivity contribution < 1.29 is 4.74 Å². The van der Waals surface area contributed by atoms with Gasteiger partial charge in [0.15, 0.2) is 0 Å². The summed E-state index contributed by atoms with van der Waals surface area (Å²) in [5, 5.41) is 3.79. The maximum atomic E-state index is 5.71. The molecule has 0 spiro atoms. The third-order valence-corrected chi connectivity index (χ3v) is 6.36. The molecule has 3 unspecified atom stereocenters. The SMILES string of the molecule is CC(C)Oc1ccc(NC2CC3CCC2(C)C3(C)C)cc1. The molecule has 0 aliphatic heterocycles. The summed E-state index contributed by atoms with van der Waals surface area (Å²) < 4.78 is 5.71. The second-order valence-corrected chi connectivity index (χ2v) is 8.00. The van der Waals surface area contributed by atoms with Crippen LogP contribution in [0.2, 0.25) is 0 Å². The Morgan fingerprint density at radius 2 is 1.81 bits per heavy atom. The normalized spacial score (nSPS) is 33.4. The summed E-state index contributed by atoms with van der Waals surface area (Å²) in [6.45, 7) is 11.5. The Hall–Kier alpha value is -1.18. The summed E-state index contributed by atoms with van der Waals surface area (Å²) in [5.41, 5.74) is 2.11. The van der Waals surface area contributed by atoms with Crippen molar-refractivity contribution in [2.75, 3.05) is 5.32 Å². The topological polar surface area (TPSA) is 21.3 Å². The monoisotopic (exact) mass is 287 g/mol. The second-order valence-electron chi connectivity index (χ2n) is 8.00. The van der Waals surface area contributed by atoms with Gasteiger partial charge in [-0.3, -0.25) is 0 Å². The van der Waals surface area contributed by atoms with Crippen molar-refractivity contribution in [3.05, 3.63) is 24.3 Å². The Balaban J connectivity index is 1.71. The predicted molar refractivity (Wildman–Crippen MR) is 88.8 cm³/mol. The second kappa shape index (κ2) is 4.93. The number of anilines is 1. The molecule has 1 aromatic rings. The fourth-order valence-electron chi connectivity index (χ4n) is 4.53. The first-order valence-electron chi connectivity index (χ1n) is 8.36. The van der Waals surface area contributed by atoms with E-state index < -0.39 is 0 Å². The van der Waals surface area contributed by atoms with Gasteiger partial charge >= 0.3 is 0 Å². The third kappa shape index (κ3) is 2.33. The summed E-state index contributed by atoms with van der Waals surface area (Å²) in [7, 11) is 0. The van der Waals surface area contributed by atoms with Crippen LogP contribution in [0.5, 0.6) is 5.75 Å². The Bertz CT molecular complexity index is 505. The molecule has 2 nitrogen and oxygen atoms in total. The molecule has 0 heterocycles. The van der Waals surface area contributed by atoms with E-state index in [-0.39, 0.29) is 6.10 Å². The molecule has 2 aliphatic carbocycles. The quantitative estimate of drug-likeness (QED) is 0.831. The van der Waals surface area contributed by atoms with E-state index in [1.807, 2.05) is 0 Å². The minimum Gasteiger partial charge on any atom is -0.491 e. The van der Waals surface area contributed by atoms with Gasteiger partial charge in [-0.15, -0.1) is 0 Å². The number of hydrogen-bond acceptors (Lipinski definition) is 2. The van der Waals surface area contributed by atoms with Gasteiger partial charge in [-0.25, -0.2) is 0 Å². The molecular weight excluding hydrogens is 258 g/mol. The number of nitrogens with one attached hydrogen (secondary N) is 1. The molecule has 3 rings (SSSR count). The van der Waals surface area contributed by atoms with Crippen molar-refractivity contribution in [1.29, 1.82) is 0 Å². The molecule has 0 amide bonds. The average Bonchev–Trinajstić information content (AvgIpc) is 2.73. The number of benzene rings is 1. The van der Waals surface area contributed by atoms with Crippen LogP contribution in [0.4, 0.5) is 5.69 Å². The summed E-state index contributed by atoms with van der Waals surface area (Å²) in [5.74, 6) is 1.83. The van der Waals surface area contributed by atoms with E-state index in [0.717, 1.165) is 11.7 Å². The predicted octanol–water partition coefficient (Wildman–Crippen LogP) is 5.10. The van der Waals surface area contributed by atoms with Crippen LogP contribution in [0, 0.1) is 16.7 Å². The van der Waals surface area contributed by atoms with Gasteiger partial charge in [-0.1, -0.05) is 20.8 Å². The van der Waals surface area contributed by atoms with Crippen LogP contribution in [0.15, 0.2) is 24.3 Å². The van der Waals surface area contributed by atoms with Gasteiger partial charge in [0.25, 0.3) is 0 Å². The molecule has 1 aromatic carbocycles. The smallest absolute Gasteiger partial charge is 0.119 e. The summed E-state index contributed by atoms with van der Waals surface area (Å²) >= 11 is 0. The van der Waals surface area contributed by atoms with Crippen molar-refractivity contribution in [2.24, 2.45) is 16.7 Å². The molecule has 2 bridgehead atoms. The van der Waals surface area contributed by atoms with Crippen molar-refractivity contribution >= 4 is 5.69 Å². The fraction of sp³-hybridized carbons (Fsp3) is 0.684. The molecule has 0 radical (unpaired) electrons. The Kier molecular flexibility index (Phi) is 3.46. The Morgan fingerprint density at radius 3 is 2.29 bits per heavy atom. The van der Waals surface area contributed by atoms with Crippen LogP contribution in [-0.4, -0.2) is 12.1 Å². The Labute approximate surface area is 129 Å². The van der Waals surface area contributed by atoms with Crippen molar-refractivity contribution in [3.63, 3.8) is 0 Å². The van der Waals surface area contributed by atoms with Crippen LogP contribution >= 0.6 is 0 Å². The highest BCUT2D eigenvalue weighted by molar-refractivity contribution is 5.48. The zero-order chi connectivity index (χ0) is 15.3. The van der Waals surface area contributed by atoms with Crippen LogP contribution in [0.25, 0.3) is 0 Å². The molecule has 21 heavy (non-hydrogen) atoms. The summed E-state index contributed by atoms with van der Waals surface area (Å²) in [4.78, 5) is 0. The first-order valence-corrected chi connectivity index (χ1v) is 8.36. The highest BCUT2D eigenvalue weighted by atomic mass is 16.5. The molecule has 2 fully saturated rings. The van der Waals surface area contributed by atoms with E-state index in [0.29, 0.717) is 16.9 Å². The molecule has 2 saturated carbocycles. The average molecular weight is 287 g/mol. The lowest BCUT2D eigenvalue weighted by Gasteiger charge is -2.40. The molecular formula is C19H29NO. The molecule has 2 heteroatoms. The standard InChI is InChI=1S/C19H29NO/c1-13(2)21-16-8-6-15(7-9-16)20-17-12-14-10-11-19(17,5)18(14,3)4/h6-9,13-14,17,20H,10-12H2,1-5H3. The molecule has 3 atom stereocenters. The number of rotatable bonds is 4. The number of fused-ring (bicyclic) bond motifs is 2. The van der Waals surface area contributed by atoms with E-state index in [4.69, 9.17) is 4.74 Å². The van der Waals surface area contributed by atoms with Crippen molar-refractivity contribution in [3.8, 4) is 5.75 Å². The lowest BCUT2D eigenvalue weighted by Crippen LogP contribution is -2.40. The van der Waals surface area contributed by atoms with Gasteiger partial charge in [0.1, 0.15) is 5.75 Å². The van der Waals surface area contributed by atoms with E-state index in [9.17, 15) is 0 Å². The van der Waals surface area contributed by atoms with Crippen LogP contribution < -0.4 is 10.1 Å². The van der Waals surface area contributed by atoms with Crippen LogP contribution in [0.3, 0.4) is 0 Å². The first kappa shape index (κ1) is 14.7. The fourth-order valence-corrected chi connectivity index (χ4v) is 4.53. The lowest BCUT2D eigenvalue weighted by molar-refractivity contribution is 0.142. The number of ether oxygens (including phenoxy) is 1. The van der Waals surface area contributed by atoms with Gasteiger partial charge in [0.2, 0.25) is 0 Å². The van der Waals surface area contributed by atoms with E-state index in [2.05, 4.69) is 64.2 Å². The highest BCUT2D eigenvalue weighted by Crippen LogP contribution is 2.65. The zero-order valence-corrected chi connectivity index (χ0v) is 14.1. The molecule has 1 N–H and O–H groups in total. The largest absolute Gasteiger partial charge is 0.491 e. The minimum absolute atomic E-state index is 0.231. The van der Waals surface area contributed by atoms with Gasteiger partial charge in [-0.2, -0.15) is 0 Å². The summed E-state index contributed by atoms with van der Waals surface area (Å²) in [6, 6.07) is 9.05. The first-order chi connectivity index (χ1) is 9.83. The van der Waals surface area contributed by atoms with E-state index in [1.54, 1.807) is 0 Å². The molecule has 2 aliphatic rings. The minimum atomic E-state index is 0.231. The maximum Gasteiger partial charge on any atom is 0.119 e. The van der Waals surface area contributed by atoms with Crippen LogP contribution in [0.1, 0.15) is 53.9 Å². The van der Waals surface area contributed by atoms with Crippen LogP contribution in [-0.2, 0) is 0 Å². The number of hydrogen-bond donors (Lipinski definition) is 1. The van der Waals surface area contributed by atoms with Gasteiger partial charge < -0.3 is 10.1 Å².